The van der Waals surface area contributed by atoms with Gasteiger partial charge >= 0.3 is 5.97 Å². The highest BCUT2D eigenvalue weighted by Gasteiger charge is 2.75. The minimum Gasteiger partial charge on any atom is -0.455 e. The normalized spacial score (nSPS) is 26.9. The van der Waals surface area contributed by atoms with Gasteiger partial charge in [0, 0.05) is 25.6 Å². The molecule has 234 valence electrons. The molecular formula is C33H45N3O7. The highest BCUT2D eigenvalue weighted by atomic mass is 16.6. The van der Waals surface area contributed by atoms with Crippen LogP contribution in [0, 0.1) is 11.8 Å². The van der Waals surface area contributed by atoms with Gasteiger partial charge in [-0.05, 0) is 38.2 Å². The third-order valence-electron chi connectivity index (χ3n) is 8.98. The zero-order valence-corrected chi connectivity index (χ0v) is 25.3. The standard InChI is InChI=1S/C33H45N3O7/c1-5-8-15-26(38)34-21-25(23-13-10-9-11-14-23)42-32(41)27-24-16-17-33(43-24)28(27)30(39)36(19-20-37)29(33)31(40)35(18-7-3)22(4)12-6-2/h5,7,9-11,13-14,22,24-25,27-29,37H,1,3,6,8,12,15-21H2,2,4H3,(H,34,38)/t22?,24-,25+,27+,28+,29-,33+/m1/s1. The Labute approximate surface area is 254 Å². The molecule has 0 radical (unpaired) electrons. The predicted octanol–water partition coefficient (Wildman–Crippen LogP) is 2.92. The lowest BCUT2D eigenvalue weighted by Gasteiger charge is -2.38. The number of hydrogen-bond acceptors (Lipinski definition) is 7. The molecule has 3 saturated heterocycles. The third kappa shape index (κ3) is 6.40. The van der Waals surface area contributed by atoms with E-state index >= 15 is 0 Å². The van der Waals surface area contributed by atoms with Gasteiger partial charge in [-0.25, -0.2) is 0 Å². The van der Waals surface area contributed by atoms with Gasteiger partial charge in [-0.15, -0.1) is 13.2 Å². The van der Waals surface area contributed by atoms with Crippen molar-refractivity contribution in [1.29, 1.82) is 0 Å². The Morgan fingerprint density at radius 1 is 1.26 bits per heavy atom. The first-order valence-corrected chi connectivity index (χ1v) is 15.4. The molecule has 2 bridgehead atoms. The Morgan fingerprint density at radius 2 is 2.00 bits per heavy atom. The SMILES string of the molecule is C=CCCC(=O)NC[C@H](OC(=O)[C@@H]1[C@H]2C(=O)N(CCO)[C@H](C(=O)N(CC=C)C(C)CCC)[C@]23CC[C@H]1O3)c1ccccc1. The number of β-amino-alcohol motifs (C(OH)–C–C–N with tert-alkyl or cyclic N) is 1. The average molecular weight is 596 g/mol. The molecule has 1 spiro atoms. The molecule has 3 aliphatic rings. The minimum atomic E-state index is -1.19. The van der Waals surface area contributed by atoms with Crippen LogP contribution in [-0.2, 0) is 28.7 Å². The molecule has 7 atom stereocenters. The van der Waals surface area contributed by atoms with E-state index in [9.17, 15) is 24.3 Å². The van der Waals surface area contributed by atoms with Crippen LogP contribution in [0.4, 0.5) is 0 Å². The average Bonchev–Trinajstić information content (AvgIpc) is 3.64. The minimum absolute atomic E-state index is 0.0449. The number of amides is 3. The molecule has 3 amide bonds. The molecule has 2 N–H and O–H groups in total. The highest BCUT2D eigenvalue weighted by molar-refractivity contribution is 5.98. The molecule has 1 aromatic rings. The van der Waals surface area contributed by atoms with Crippen LogP contribution in [0.1, 0.15) is 64.0 Å². The van der Waals surface area contributed by atoms with Crippen molar-refractivity contribution in [2.45, 2.75) is 82.3 Å². The van der Waals surface area contributed by atoms with Crippen LogP contribution in [0.25, 0.3) is 0 Å². The predicted molar refractivity (Wildman–Crippen MR) is 160 cm³/mol. The van der Waals surface area contributed by atoms with Crippen molar-refractivity contribution in [1.82, 2.24) is 15.1 Å². The lowest BCUT2D eigenvalue weighted by molar-refractivity contribution is -0.160. The number of rotatable bonds is 16. The molecule has 3 fully saturated rings. The first-order valence-electron chi connectivity index (χ1n) is 15.4. The number of likely N-dealkylation sites (tertiary alicyclic amines) is 1. The molecule has 43 heavy (non-hydrogen) atoms. The van der Waals surface area contributed by atoms with Gasteiger partial charge in [0.2, 0.25) is 17.7 Å². The van der Waals surface area contributed by atoms with E-state index in [0.29, 0.717) is 31.4 Å². The first-order chi connectivity index (χ1) is 20.7. The van der Waals surface area contributed by atoms with Crippen LogP contribution in [-0.4, -0.2) is 88.6 Å². The summed E-state index contributed by atoms with van der Waals surface area (Å²) in [5.74, 6) is -3.25. The molecule has 0 aliphatic carbocycles. The lowest BCUT2D eigenvalue weighted by atomic mass is 9.70. The van der Waals surface area contributed by atoms with Crippen LogP contribution >= 0.6 is 0 Å². The molecule has 0 saturated carbocycles. The van der Waals surface area contributed by atoms with E-state index in [2.05, 4.69) is 18.5 Å². The summed E-state index contributed by atoms with van der Waals surface area (Å²) in [5, 5.41) is 12.7. The molecule has 3 aliphatic heterocycles. The molecule has 1 unspecified atom stereocenters. The first kappa shape index (κ1) is 32.4. The second-order valence-electron chi connectivity index (χ2n) is 11.7. The Hall–Kier alpha value is -3.50. The van der Waals surface area contributed by atoms with Gasteiger partial charge in [0.1, 0.15) is 17.7 Å². The number of esters is 1. The van der Waals surface area contributed by atoms with Gasteiger partial charge in [-0.1, -0.05) is 55.8 Å². The maximum atomic E-state index is 14.2. The summed E-state index contributed by atoms with van der Waals surface area (Å²) in [6.07, 6.45) is 5.37. The molecule has 1 aromatic carbocycles. The Balaban J connectivity index is 1.61. The van der Waals surface area contributed by atoms with Crippen LogP contribution < -0.4 is 5.32 Å². The number of aliphatic hydroxyl groups excluding tert-OH is 1. The fourth-order valence-electron chi connectivity index (χ4n) is 7.05. The summed E-state index contributed by atoms with van der Waals surface area (Å²) >= 11 is 0. The highest BCUT2D eigenvalue weighted by Crippen LogP contribution is 2.59. The van der Waals surface area contributed by atoms with E-state index in [1.54, 1.807) is 17.1 Å². The van der Waals surface area contributed by atoms with Gasteiger partial charge in [-0.3, -0.25) is 19.2 Å². The topological polar surface area (TPSA) is 125 Å². The lowest BCUT2D eigenvalue weighted by Crippen LogP contribution is -2.58. The van der Waals surface area contributed by atoms with Crippen LogP contribution in [0.3, 0.4) is 0 Å². The number of ether oxygens (including phenoxy) is 2. The van der Waals surface area contributed by atoms with Gasteiger partial charge in [0.25, 0.3) is 0 Å². The van der Waals surface area contributed by atoms with Gasteiger partial charge < -0.3 is 29.7 Å². The van der Waals surface area contributed by atoms with E-state index in [4.69, 9.17) is 9.47 Å². The number of carbonyl (C=O) groups is 4. The fraction of sp³-hybridized carbons (Fsp3) is 0.576. The quantitative estimate of drug-likeness (QED) is 0.222. The summed E-state index contributed by atoms with van der Waals surface area (Å²) in [5.41, 5.74) is -0.485. The summed E-state index contributed by atoms with van der Waals surface area (Å²) in [6, 6.07) is 8.07. The molecule has 4 rings (SSSR count). The molecule has 10 nitrogen and oxygen atoms in total. The zero-order valence-electron chi connectivity index (χ0n) is 25.3. The van der Waals surface area contributed by atoms with E-state index in [1.165, 1.54) is 4.90 Å². The summed E-state index contributed by atoms with van der Waals surface area (Å²) in [7, 11) is 0. The van der Waals surface area contributed by atoms with E-state index < -0.39 is 41.7 Å². The van der Waals surface area contributed by atoms with Crippen molar-refractivity contribution in [3.63, 3.8) is 0 Å². The second-order valence-corrected chi connectivity index (χ2v) is 11.7. The number of allylic oxidation sites excluding steroid dienone is 1. The summed E-state index contributed by atoms with van der Waals surface area (Å²) in [4.78, 5) is 57.6. The van der Waals surface area contributed by atoms with Crippen LogP contribution in [0.15, 0.2) is 55.6 Å². The molecule has 10 heteroatoms. The zero-order chi connectivity index (χ0) is 31.1. The van der Waals surface area contributed by atoms with E-state index in [1.807, 2.05) is 44.2 Å². The number of nitrogens with zero attached hydrogens (tertiary/aromatic N) is 2. The largest absolute Gasteiger partial charge is 0.455 e. The van der Waals surface area contributed by atoms with Crippen molar-refractivity contribution in [3.05, 3.63) is 61.2 Å². The molecular weight excluding hydrogens is 550 g/mol. The van der Waals surface area contributed by atoms with Crippen molar-refractivity contribution >= 4 is 23.7 Å². The number of aliphatic hydroxyl groups is 1. The maximum absolute atomic E-state index is 14.2. The Morgan fingerprint density at radius 3 is 2.65 bits per heavy atom. The van der Waals surface area contributed by atoms with Crippen LogP contribution in [0.2, 0.25) is 0 Å². The van der Waals surface area contributed by atoms with Gasteiger partial charge in [0.05, 0.1) is 31.1 Å². The summed E-state index contributed by atoms with van der Waals surface area (Å²) in [6.45, 7) is 11.5. The molecule has 3 heterocycles. The van der Waals surface area contributed by atoms with E-state index in [0.717, 1.165) is 12.8 Å². The monoisotopic (exact) mass is 595 g/mol. The fourth-order valence-corrected chi connectivity index (χ4v) is 7.05. The Kier molecular flexibility index (Phi) is 10.8. The smallest absolute Gasteiger partial charge is 0.313 e. The van der Waals surface area contributed by atoms with Gasteiger partial charge in [-0.2, -0.15) is 0 Å². The maximum Gasteiger partial charge on any atom is 0.313 e. The number of hydrogen-bond donors (Lipinski definition) is 2. The number of nitrogens with one attached hydrogen (secondary N) is 1. The van der Waals surface area contributed by atoms with Crippen molar-refractivity contribution < 1.29 is 33.8 Å². The third-order valence-corrected chi connectivity index (χ3v) is 8.98. The van der Waals surface area contributed by atoms with Crippen molar-refractivity contribution in [2.75, 3.05) is 26.2 Å². The van der Waals surface area contributed by atoms with Gasteiger partial charge in [0.15, 0.2) is 0 Å². The number of carbonyl (C=O) groups excluding carboxylic acids is 4. The molecule has 0 aromatic heterocycles. The van der Waals surface area contributed by atoms with E-state index in [-0.39, 0.29) is 49.9 Å². The Bertz CT molecular complexity index is 1190. The summed E-state index contributed by atoms with van der Waals surface area (Å²) < 4.78 is 12.5. The van der Waals surface area contributed by atoms with Crippen LogP contribution in [0.5, 0.6) is 0 Å². The van der Waals surface area contributed by atoms with Crippen molar-refractivity contribution in [3.8, 4) is 0 Å². The second kappa shape index (κ2) is 14.3. The number of benzene rings is 1. The van der Waals surface area contributed by atoms with Crippen molar-refractivity contribution in [2.24, 2.45) is 11.8 Å². The number of fused-ring (bicyclic) bond motifs is 1.